The van der Waals surface area contributed by atoms with Crippen LogP contribution >= 0.6 is 45.6 Å². The zero-order chi connectivity index (χ0) is 7.84. The van der Waals surface area contributed by atoms with Gasteiger partial charge in [0, 0.05) is 10.3 Å². The summed E-state index contributed by atoms with van der Waals surface area (Å²) in [6.07, 6.45) is 0. The van der Waals surface area contributed by atoms with Crippen molar-refractivity contribution < 1.29 is 0 Å². The molecule has 2 rings (SSSR count). The molecule has 0 atom stereocenters. The van der Waals surface area contributed by atoms with E-state index in [1.807, 2.05) is 5.38 Å². The normalized spacial score (nSPS) is 11.0. The van der Waals surface area contributed by atoms with Crippen molar-refractivity contribution in [2.24, 2.45) is 0 Å². The zero-order valence-electron chi connectivity index (χ0n) is 5.30. The molecule has 2 aromatic heterocycles. The van der Waals surface area contributed by atoms with Crippen LogP contribution in [-0.4, -0.2) is 0 Å². The fraction of sp³-hybridized carbons (Fsp3) is 0.167. The van der Waals surface area contributed by atoms with Crippen molar-refractivity contribution in [2.75, 3.05) is 0 Å². The molecule has 0 N–H and O–H groups in total. The van der Waals surface area contributed by atoms with Gasteiger partial charge in [-0.15, -0.1) is 22.9 Å². The van der Waals surface area contributed by atoms with E-state index in [0.29, 0.717) is 5.88 Å². The molecule has 0 bridgehead atoms. The number of rotatable bonds is 1. The molecule has 0 saturated carbocycles. The predicted octanol–water partition coefficient (Wildman–Crippen LogP) is 3.12. The van der Waals surface area contributed by atoms with Gasteiger partial charge in [-0.3, -0.25) is 4.79 Å². The summed E-state index contributed by atoms with van der Waals surface area (Å²) in [6, 6.07) is 0. The maximum Gasteiger partial charge on any atom is 0.288 e. The standard InChI is InChI=1S/C6H3ClOS3/c7-1-3-5-4(2-9-3)10-6(8)11-5/h2H,1H2. The van der Waals surface area contributed by atoms with Crippen LogP contribution < -0.4 is 4.06 Å². The van der Waals surface area contributed by atoms with E-state index < -0.39 is 0 Å². The van der Waals surface area contributed by atoms with Gasteiger partial charge in [0.05, 0.1) is 15.3 Å². The monoisotopic (exact) mass is 222 g/mol. The third kappa shape index (κ3) is 1.24. The van der Waals surface area contributed by atoms with E-state index in [4.69, 9.17) is 11.6 Å². The Kier molecular flexibility index (Phi) is 2.01. The average molecular weight is 223 g/mol. The van der Waals surface area contributed by atoms with Crippen LogP contribution in [0.1, 0.15) is 4.88 Å². The van der Waals surface area contributed by atoms with Gasteiger partial charge in [0.25, 0.3) is 4.06 Å². The van der Waals surface area contributed by atoms with E-state index in [-0.39, 0.29) is 4.06 Å². The van der Waals surface area contributed by atoms with Gasteiger partial charge in [-0.2, -0.15) is 0 Å². The fourth-order valence-corrected chi connectivity index (χ4v) is 4.47. The SMILES string of the molecule is O=c1sc2csc(CCl)c2s1. The lowest BCUT2D eigenvalue weighted by Gasteiger charge is -1.81. The summed E-state index contributed by atoms with van der Waals surface area (Å²) in [7, 11) is 0. The molecular weight excluding hydrogens is 220 g/mol. The van der Waals surface area contributed by atoms with Crippen LogP contribution in [0.2, 0.25) is 0 Å². The second kappa shape index (κ2) is 2.86. The maximum atomic E-state index is 10.9. The zero-order valence-corrected chi connectivity index (χ0v) is 8.50. The maximum absolute atomic E-state index is 10.9. The fourth-order valence-electron chi connectivity index (χ4n) is 0.833. The van der Waals surface area contributed by atoms with E-state index in [1.54, 1.807) is 11.3 Å². The molecule has 58 valence electrons. The second-order valence-corrected chi connectivity index (χ2v) is 5.43. The minimum Gasteiger partial charge on any atom is -0.265 e. The molecule has 2 aromatic rings. The van der Waals surface area contributed by atoms with E-state index in [1.165, 1.54) is 22.7 Å². The van der Waals surface area contributed by atoms with Gasteiger partial charge in [-0.05, 0) is 0 Å². The van der Waals surface area contributed by atoms with Gasteiger partial charge in [-0.25, -0.2) is 0 Å². The van der Waals surface area contributed by atoms with Gasteiger partial charge in [0.15, 0.2) is 0 Å². The number of thiophene rings is 1. The van der Waals surface area contributed by atoms with Gasteiger partial charge in [0.2, 0.25) is 0 Å². The Bertz CT molecular complexity index is 424. The second-order valence-electron chi connectivity index (χ2n) is 1.94. The lowest BCUT2D eigenvalue weighted by Crippen LogP contribution is -1.74. The first-order valence-electron chi connectivity index (χ1n) is 2.87. The highest BCUT2D eigenvalue weighted by molar-refractivity contribution is 7.38. The minimum absolute atomic E-state index is 0.161. The quantitative estimate of drug-likeness (QED) is 0.678. The van der Waals surface area contributed by atoms with Crippen LogP contribution in [0.25, 0.3) is 9.40 Å². The first-order chi connectivity index (χ1) is 5.31. The van der Waals surface area contributed by atoms with E-state index in [9.17, 15) is 4.79 Å². The largest absolute Gasteiger partial charge is 0.288 e. The molecule has 2 heterocycles. The summed E-state index contributed by atoms with van der Waals surface area (Å²) >= 11 is 9.91. The molecule has 0 amide bonds. The van der Waals surface area contributed by atoms with E-state index in [2.05, 4.69) is 0 Å². The highest BCUT2D eigenvalue weighted by atomic mass is 35.5. The molecule has 0 aliphatic rings. The highest BCUT2D eigenvalue weighted by Gasteiger charge is 2.06. The van der Waals surface area contributed by atoms with Crippen LogP contribution in [0.5, 0.6) is 0 Å². The first kappa shape index (κ1) is 7.73. The van der Waals surface area contributed by atoms with Gasteiger partial charge in [-0.1, -0.05) is 22.7 Å². The summed E-state index contributed by atoms with van der Waals surface area (Å²) in [4.78, 5) is 12.0. The highest BCUT2D eigenvalue weighted by Crippen LogP contribution is 2.31. The Hall–Kier alpha value is 0.1000. The number of hydrogen-bond donors (Lipinski definition) is 0. The van der Waals surface area contributed by atoms with Crippen molar-refractivity contribution in [3.8, 4) is 0 Å². The average Bonchev–Trinajstić information content (AvgIpc) is 2.45. The van der Waals surface area contributed by atoms with Crippen LogP contribution in [0.4, 0.5) is 0 Å². The molecule has 0 radical (unpaired) electrons. The van der Waals surface area contributed by atoms with Crippen molar-refractivity contribution in [1.29, 1.82) is 0 Å². The Labute approximate surface area is 79.9 Å². The van der Waals surface area contributed by atoms with Gasteiger partial charge < -0.3 is 0 Å². The van der Waals surface area contributed by atoms with Gasteiger partial charge >= 0.3 is 0 Å². The summed E-state index contributed by atoms with van der Waals surface area (Å²) in [5.74, 6) is 0.515. The van der Waals surface area contributed by atoms with E-state index in [0.717, 1.165) is 14.3 Å². The smallest absolute Gasteiger partial charge is 0.265 e. The summed E-state index contributed by atoms with van der Waals surface area (Å²) in [5.41, 5.74) is 0. The predicted molar refractivity (Wildman–Crippen MR) is 53.4 cm³/mol. The molecule has 0 saturated heterocycles. The third-order valence-corrected chi connectivity index (χ3v) is 5.15. The third-order valence-electron chi connectivity index (χ3n) is 1.29. The van der Waals surface area contributed by atoms with Crippen molar-refractivity contribution in [3.05, 3.63) is 19.1 Å². The number of alkyl halides is 1. The van der Waals surface area contributed by atoms with Crippen LogP contribution in [0, 0.1) is 0 Å². The topological polar surface area (TPSA) is 17.1 Å². The van der Waals surface area contributed by atoms with Crippen molar-refractivity contribution in [1.82, 2.24) is 0 Å². The molecular formula is C6H3ClOS3. The van der Waals surface area contributed by atoms with Crippen LogP contribution in [0.15, 0.2) is 10.2 Å². The lowest BCUT2D eigenvalue weighted by atomic mass is 10.5. The molecule has 0 fully saturated rings. The Morgan fingerprint density at radius 3 is 3.00 bits per heavy atom. The molecule has 11 heavy (non-hydrogen) atoms. The summed E-state index contributed by atoms with van der Waals surface area (Å²) in [6.45, 7) is 0. The van der Waals surface area contributed by atoms with Crippen molar-refractivity contribution in [2.45, 2.75) is 5.88 Å². The molecule has 1 nitrogen and oxygen atoms in total. The molecule has 0 aromatic carbocycles. The van der Waals surface area contributed by atoms with Gasteiger partial charge in [0.1, 0.15) is 0 Å². The first-order valence-corrected chi connectivity index (χ1v) is 5.92. The summed E-state index contributed by atoms with van der Waals surface area (Å²) in [5, 5.41) is 2.00. The van der Waals surface area contributed by atoms with Crippen molar-refractivity contribution >= 4 is 55.0 Å². The van der Waals surface area contributed by atoms with Crippen LogP contribution in [-0.2, 0) is 5.88 Å². The van der Waals surface area contributed by atoms with Crippen molar-refractivity contribution in [3.63, 3.8) is 0 Å². The molecule has 5 heteroatoms. The number of halogens is 1. The minimum atomic E-state index is 0.161. The molecule has 0 aliphatic heterocycles. The Morgan fingerprint density at radius 1 is 1.45 bits per heavy atom. The molecule has 0 unspecified atom stereocenters. The number of fused-ring (bicyclic) bond motifs is 1. The molecule has 0 spiro atoms. The lowest BCUT2D eigenvalue weighted by molar-refractivity contribution is 1.59. The number of hydrogen-bond acceptors (Lipinski definition) is 4. The van der Waals surface area contributed by atoms with Crippen LogP contribution in [0.3, 0.4) is 0 Å². The summed E-state index contributed by atoms with van der Waals surface area (Å²) < 4.78 is 2.33. The Morgan fingerprint density at radius 2 is 2.27 bits per heavy atom. The molecule has 0 aliphatic carbocycles. The van der Waals surface area contributed by atoms with E-state index >= 15 is 0 Å². The Balaban J connectivity index is 2.83.